The molecular formula is C10H22N2O. The molecule has 1 N–H and O–H groups in total. The van der Waals surface area contributed by atoms with Crippen LogP contribution in [0.2, 0.25) is 0 Å². The normalized spacial score (nSPS) is 10.1. The molecule has 1 amide bonds. The van der Waals surface area contributed by atoms with Crippen molar-refractivity contribution in [1.82, 2.24) is 10.2 Å². The molecule has 3 nitrogen and oxygen atoms in total. The van der Waals surface area contributed by atoms with Gasteiger partial charge in [0, 0.05) is 13.1 Å². The van der Waals surface area contributed by atoms with Crippen LogP contribution in [0.1, 0.15) is 33.6 Å². The predicted molar refractivity (Wildman–Crippen MR) is 55.7 cm³/mol. The monoisotopic (exact) mass is 186 g/mol. The first-order valence-electron chi connectivity index (χ1n) is 5.24. The molecule has 0 saturated heterocycles. The standard InChI is InChI=1S/C10H22N2O/c1-4-7-11-9-10(13)12(6-3)8-5-2/h11H,4-9H2,1-3H3. The molecule has 0 fully saturated rings. The van der Waals surface area contributed by atoms with Gasteiger partial charge in [-0.25, -0.2) is 0 Å². The number of likely N-dealkylation sites (N-methyl/N-ethyl adjacent to an activating group) is 1. The van der Waals surface area contributed by atoms with Crippen molar-refractivity contribution in [1.29, 1.82) is 0 Å². The van der Waals surface area contributed by atoms with Crippen LogP contribution in [0.25, 0.3) is 0 Å². The molecule has 0 unspecified atom stereocenters. The molecule has 0 saturated carbocycles. The summed E-state index contributed by atoms with van der Waals surface area (Å²) < 4.78 is 0. The van der Waals surface area contributed by atoms with Gasteiger partial charge >= 0.3 is 0 Å². The van der Waals surface area contributed by atoms with Crippen molar-refractivity contribution >= 4 is 5.91 Å². The Bertz CT molecular complexity index is 137. The fourth-order valence-electron chi connectivity index (χ4n) is 1.21. The summed E-state index contributed by atoms with van der Waals surface area (Å²) in [5, 5.41) is 3.12. The lowest BCUT2D eigenvalue weighted by Crippen LogP contribution is -2.38. The van der Waals surface area contributed by atoms with Gasteiger partial charge in [-0.3, -0.25) is 4.79 Å². The van der Waals surface area contributed by atoms with E-state index in [1.54, 1.807) is 0 Å². The Balaban J connectivity index is 3.64. The molecule has 0 bridgehead atoms. The molecule has 13 heavy (non-hydrogen) atoms. The largest absolute Gasteiger partial charge is 0.342 e. The lowest BCUT2D eigenvalue weighted by Gasteiger charge is -2.20. The number of amides is 1. The first-order valence-corrected chi connectivity index (χ1v) is 5.24. The van der Waals surface area contributed by atoms with E-state index in [0.717, 1.165) is 32.5 Å². The van der Waals surface area contributed by atoms with Gasteiger partial charge in [0.1, 0.15) is 0 Å². The number of rotatable bonds is 7. The van der Waals surface area contributed by atoms with Crippen LogP contribution in [0.3, 0.4) is 0 Å². The maximum Gasteiger partial charge on any atom is 0.236 e. The Hall–Kier alpha value is -0.570. The van der Waals surface area contributed by atoms with Gasteiger partial charge in [-0.15, -0.1) is 0 Å². The van der Waals surface area contributed by atoms with Crippen LogP contribution < -0.4 is 5.32 Å². The van der Waals surface area contributed by atoms with E-state index in [9.17, 15) is 4.79 Å². The van der Waals surface area contributed by atoms with Crippen LogP contribution >= 0.6 is 0 Å². The minimum Gasteiger partial charge on any atom is -0.342 e. The lowest BCUT2D eigenvalue weighted by atomic mass is 10.3. The quantitative estimate of drug-likeness (QED) is 0.607. The molecule has 0 aromatic rings. The highest BCUT2D eigenvalue weighted by Crippen LogP contribution is 1.91. The third-order valence-electron chi connectivity index (χ3n) is 1.93. The molecule has 0 heterocycles. The fraction of sp³-hybridized carbons (Fsp3) is 0.900. The molecule has 78 valence electrons. The summed E-state index contributed by atoms with van der Waals surface area (Å²) in [6.45, 7) is 9.32. The minimum absolute atomic E-state index is 0.220. The summed E-state index contributed by atoms with van der Waals surface area (Å²) in [4.78, 5) is 13.4. The zero-order valence-electron chi connectivity index (χ0n) is 9.10. The van der Waals surface area contributed by atoms with Gasteiger partial charge in [0.2, 0.25) is 5.91 Å². The van der Waals surface area contributed by atoms with Crippen LogP contribution in [0, 0.1) is 0 Å². The Morgan fingerprint density at radius 1 is 1.23 bits per heavy atom. The number of hydrogen-bond donors (Lipinski definition) is 1. The average Bonchev–Trinajstić information content (AvgIpc) is 2.14. The van der Waals surface area contributed by atoms with Crippen molar-refractivity contribution in [3.63, 3.8) is 0 Å². The zero-order chi connectivity index (χ0) is 10.1. The molecule has 0 aliphatic rings. The van der Waals surface area contributed by atoms with Crippen molar-refractivity contribution in [2.45, 2.75) is 33.6 Å². The summed E-state index contributed by atoms with van der Waals surface area (Å²) in [7, 11) is 0. The van der Waals surface area contributed by atoms with Crippen molar-refractivity contribution in [3.8, 4) is 0 Å². The van der Waals surface area contributed by atoms with Gasteiger partial charge in [-0.2, -0.15) is 0 Å². The molecule has 0 spiro atoms. The van der Waals surface area contributed by atoms with E-state index in [1.807, 2.05) is 11.8 Å². The van der Waals surface area contributed by atoms with E-state index < -0.39 is 0 Å². The van der Waals surface area contributed by atoms with Gasteiger partial charge in [0.05, 0.1) is 6.54 Å². The fourth-order valence-corrected chi connectivity index (χ4v) is 1.21. The van der Waals surface area contributed by atoms with Gasteiger partial charge in [-0.05, 0) is 26.3 Å². The van der Waals surface area contributed by atoms with Crippen molar-refractivity contribution < 1.29 is 4.79 Å². The first-order chi connectivity index (χ1) is 6.26. The molecule has 0 aromatic carbocycles. The van der Waals surface area contributed by atoms with E-state index in [-0.39, 0.29) is 5.91 Å². The Morgan fingerprint density at radius 2 is 1.92 bits per heavy atom. The number of nitrogens with one attached hydrogen (secondary N) is 1. The van der Waals surface area contributed by atoms with Crippen LogP contribution in [0.5, 0.6) is 0 Å². The highest BCUT2D eigenvalue weighted by molar-refractivity contribution is 5.78. The Labute approximate surface area is 81.5 Å². The molecule has 3 heteroatoms. The topological polar surface area (TPSA) is 32.3 Å². The third kappa shape index (κ3) is 5.64. The molecular weight excluding hydrogens is 164 g/mol. The Morgan fingerprint density at radius 3 is 2.38 bits per heavy atom. The highest BCUT2D eigenvalue weighted by atomic mass is 16.2. The van der Waals surface area contributed by atoms with E-state index in [4.69, 9.17) is 0 Å². The molecule has 0 aromatic heterocycles. The van der Waals surface area contributed by atoms with Crippen LogP contribution in [0.4, 0.5) is 0 Å². The maximum absolute atomic E-state index is 11.5. The van der Waals surface area contributed by atoms with Crippen molar-refractivity contribution in [2.24, 2.45) is 0 Å². The summed E-state index contributed by atoms with van der Waals surface area (Å²) in [6.07, 6.45) is 2.11. The molecule has 0 aliphatic heterocycles. The highest BCUT2D eigenvalue weighted by Gasteiger charge is 2.08. The summed E-state index contributed by atoms with van der Waals surface area (Å²) in [5.41, 5.74) is 0. The molecule has 0 radical (unpaired) electrons. The van der Waals surface area contributed by atoms with Crippen molar-refractivity contribution in [2.75, 3.05) is 26.2 Å². The summed E-state index contributed by atoms with van der Waals surface area (Å²) >= 11 is 0. The third-order valence-corrected chi connectivity index (χ3v) is 1.93. The second-order valence-corrected chi connectivity index (χ2v) is 3.15. The van der Waals surface area contributed by atoms with Gasteiger partial charge in [0.15, 0.2) is 0 Å². The number of carbonyl (C=O) groups is 1. The number of hydrogen-bond acceptors (Lipinski definition) is 2. The van der Waals surface area contributed by atoms with E-state index in [0.29, 0.717) is 6.54 Å². The van der Waals surface area contributed by atoms with E-state index >= 15 is 0 Å². The average molecular weight is 186 g/mol. The van der Waals surface area contributed by atoms with Gasteiger partial charge in [-0.1, -0.05) is 13.8 Å². The smallest absolute Gasteiger partial charge is 0.236 e. The molecule has 0 rings (SSSR count). The Kier molecular flexibility index (Phi) is 7.69. The van der Waals surface area contributed by atoms with Crippen LogP contribution in [-0.4, -0.2) is 37.0 Å². The number of carbonyl (C=O) groups excluding carboxylic acids is 1. The first kappa shape index (κ1) is 12.4. The van der Waals surface area contributed by atoms with E-state index in [2.05, 4.69) is 19.2 Å². The second-order valence-electron chi connectivity index (χ2n) is 3.15. The minimum atomic E-state index is 0.220. The zero-order valence-corrected chi connectivity index (χ0v) is 9.10. The van der Waals surface area contributed by atoms with E-state index in [1.165, 1.54) is 0 Å². The van der Waals surface area contributed by atoms with Gasteiger partial charge < -0.3 is 10.2 Å². The lowest BCUT2D eigenvalue weighted by molar-refractivity contribution is -0.130. The SMILES string of the molecule is CCCNCC(=O)N(CC)CCC. The van der Waals surface area contributed by atoms with Crippen molar-refractivity contribution in [3.05, 3.63) is 0 Å². The maximum atomic E-state index is 11.5. The second kappa shape index (κ2) is 8.05. The predicted octanol–water partition coefficient (Wildman–Crippen LogP) is 1.24. The number of nitrogens with zero attached hydrogens (tertiary/aromatic N) is 1. The van der Waals surface area contributed by atoms with Gasteiger partial charge in [0.25, 0.3) is 0 Å². The summed E-state index contributed by atoms with van der Waals surface area (Å²) in [5.74, 6) is 0.220. The molecule has 0 aliphatic carbocycles. The van der Waals surface area contributed by atoms with Crippen LogP contribution in [-0.2, 0) is 4.79 Å². The van der Waals surface area contributed by atoms with Crippen LogP contribution in [0.15, 0.2) is 0 Å². The molecule has 0 atom stereocenters. The summed E-state index contributed by atoms with van der Waals surface area (Å²) in [6, 6.07) is 0.